The molecule has 110 valence electrons. The summed E-state index contributed by atoms with van der Waals surface area (Å²) in [6.45, 7) is 7.32. The normalized spacial score (nSPS) is 9.95. The maximum atomic E-state index is 11.9. The summed E-state index contributed by atoms with van der Waals surface area (Å²) in [5, 5.41) is 8.72. The number of rotatable bonds is 7. The zero-order valence-corrected chi connectivity index (χ0v) is 12.4. The van der Waals surface area contributed by atoms with E-state index in [1.807, 2.05) is 19.1 Å². The van der Waals surface area contributed by atoms with Crippen LogP contribution in [0.3, 0.4) is 0 Å². The Morgan fingerprint density at radius 1 is 1.10 bits per heavy atom. The molecule has 0 radical (unpaired) electrons. The molecule has 0 bridgehead atoms. The first-order valence-electron chi connectivity index (χ1n) is 6.91. The standard InChI is InChI=1S/C15H23N3O2/c1-4-7-17-14-6-5-13(10-11(14)2)15(20)18-9-8-16-12(3)19/h5-6,10,17H,4,7-9H2,1-3H3,(H,16,19)(H,18,20). The molecular weight excluding hydrogens is 254 g/mol. The molecule has 0 spiro atoms. The van der Waals surface area contributed by atoms with Gasteiger partial charge in [0.25, 0.3) is 5.91 Å². The van der Waals surface area contributed by atoms with Crippen LogP contribution >= 0.6 is 0 Å². The fourth-order valence-electron chi connectivity index (χ4n) is 1.78. The topological polar surface area (TPSA) is 70.2 Å². The third-order valence-corrected chi connectivity index (χ3v) is 2.84. The van der Waals surface area contributed by atoms with Gasteiger partial charge in [0, 0.05) is 37.8 Å². The minimum absolute atomic E-state index is 0.0959. The van der Waals surface area contributed by atoms with Gasteiger partial charge < -0.3 is 16.0 Å². The number of carbonyl (C=O) groups excluding carboxylic acids is 2. The van der Waals surface area contributed by atoms with Crippen molar-refractivity contribution in [2.45, 2.75) is 27.2 Å². The number of benzene rings is 1. The minimum atomic E-state index is -0.125. The Morgan fingerprint density at radius 3 is 2.40 bits per heavy atom. The first-order valence-corrected chi connectivity index (χ1v) is 6.91. The van der Waals surface area contributed by atoms with Crippen LogP contribution in [0.4, 0.5) is 5.69 Å². The van der Waals surface area contributed by atoms with Crippen molar-refractivity contribution in [1.82, 2.24) is 10.6 Å². The molecule has 0 fully saturated rings. The fourth-order valence-corrected chi connectivity index (χ4v) is 1.78. The lowest BCUT2D eigenvalue weighted by Gasteiger charge is -2.11. The number of aryl methyl sites for hydroxylation is 1. The van der Waals surface area contributed by atoms with Gasteiger partial charge in [-0.15, -0.1) is 0 Å². The van der Waals surface area contributed by atoms with Crippen LogP contribution in [0.15, 0.2) is 18.2 Å². The van der Waals surface area contributed by atoms with E-state index in [2.05, 4.69) is 22.9 Å². The molecule has 0 unspecified atom stereocenters. The number of nitrogens with one attached hydrogen (secondary N) is 3. The highest BCUT2D eigenvalue weighted by atomic mass is 16.2. The predicted molar refractivity (Wildman–Crippen MR) is 81.0 cm³/mol. The smallest absolute Gasteiger partial charge is 0.251 e. The summed E-state index contributed by atoms with van der Waals surface area (Å²) in [7, 11) is 0. The average Bonchev–Trinajstić information content (AvgIpc) is 2.41. The Bertz CT molecular complexity index is 472. The molecule has 0 aliphatic heterocycles. The van der Waals surface area contributed by atoms with Crippen LogP contribution in [0, 0.1) is 6.92 Å². The van der Waals surface area contributed by atoms with Crippen LogP contribution < -0.4 is 16.0 Å². The second kappa shape index (κ2) is 8.19. The van der Waals surface area contributed by atoms with Crippen molar-refractivity contribution < 1.29 is 9.59 Å². The quantitative estimate of drug-likeness (QED) is 0.664. The summed E-state index contributed by atoms with van der Waals surface area (Å²) in [5.74, 6) is -0.220. The lowest BCUT2D eigenvalue weighted by molar-refractivity contribution is -0.118. The third kappa shape index (κ3) is 5.30. The average molecular weight is 277 g/mol. The van der Waals surface area contributed by atoms with E-state index < -0.39 is 0 Å². The Morgan fingerprint density at radius 2 is 1.80 bits per heavy atom. The molecule has 0 heterocycles. The van der Waals surface area contributed by atoms with Crippen molar-refractivity contribution in [3.8, 4) is 0 Å². The van der Waals surface area contributed by atoms with Gasteiger partial charge in [-0.3, -0.25) is 9.59 Å². The molecule has 1 rings (SSSR count). The van der Waals surface area contributed by atoms with Gasteiger partial charge in [0.1, 0.15) is 0 Å². The Labute approximate surface area is 120 Å². The number of hydrogen-bond acceptors (Lipinski definition) is 3. The highest BCUT2D eigenvalue weighted by Crippen LogP contribution is 2.16. The van der Waals surface area contributed by atoms with E-state index in [0.717, 1.165) is 24.2 Å². The van der Waals surface area contributed by atoms with Gasteiger partial charge in [0.2, 0.25) is 5.91 Å². The number of amides is 2. The van der Waals surface area contributed by atoms with Crippen molar-refractivity contribution in [3.63, 3.8) is 0 Å². The van der Waals surface area contributed by atoms with Crippen molar-refractivity contribution in [2.75, 3.05) is 25.0 Å². The van der Waals surface area contributed by atoms with Gasteiger partial charge in [-0.2, -0.15) is 0 Å². The van der Waals surface area contributed by atoms with Crippen LogP contribution in [0.2, 0.25) is 0 Å². The van der Waals surface area contributed by atoms with Crippen LogP contribution in [-0.2, 0) is 4.79 Å². The molecule has 20 heavy (non-hydrogen) atoms. The van der Waals surface area contributed by atoms with Gasteiger partial charge in [-0.25, -0.2) is 0 Å². The molecule has 2 amide bonds. The van der Waals surface area contributed by atoms with Gasteiger partial charge in [-0.05, 0) is 37.1 Å². The van der Waals surface area contributed by atoms with E-state index in [9.17, 15) is 9.59 Å². The fraction of sp³-hybridized carbons (Fsp3) is 0.467. The van der Waals surface area contributed by atoms with Crippen LogP contribution in [0.25, 0.3) is 0 Å². The molecule has 5 heteroatoms. The van der Waals surface area contributed by atoms with E-state index in [0.29, 0.717) is 18.7 Å². The van der Waals surface area contributed by atoms with Crippen LogP contribution in [0.5, 0.6) is 0 Å². The summed E-state index contributed by atoms with van der Waals surface area (Å²) in [5.41, 5.74) is 2.74. The number of hydrogen-bond donors (Lipinski definition) is 3. The molecule has 3 N–H and O–H groups in total. The molecular formula is C15H23N3O2. The Balaban J connectivity index is 2.52. The van der Waals surface area contributed by atoms with Gasteiger partial charge >= 0.3 is 0 Å². The first kappa shape index (κ1) is 16.0. The van der Waals surface area contributed by atoms with E-state index in [1.165, 1.54) is 6.92 Å². The summed E-state index contributed by atoms with van der Waals surface area (Å²) in [6, 6.07) is 5.60. The summed E-state index contributed by atoms with van der Waals surface area (Å²) in [6.07, 6.45) is 1.06. The van der Waals surface area contributed by atoms with Gasteiger partial charge in [-0.1, -0.05) is 6.92 Å². The lowest BCUT2D eigenvalue weighted by Crippen LogP contribution is -2.33. The summed E-state index contributed by atoms with van der Waals surface area (Å²) in [4.78, 5) is 22.6. The molecule has 5 nitrogen and oxygen atoms in total. The number of carbonyl (C=O) groups is 2. The zero-order valence-electron chi connectivity index (χ0n) is 12.4. The maximum Gasteiger partial charge on any atom is 0.251 e. The molecule has 0 aromatic heterocycles. The van der Waals surface area contributed by atoms with Crippen molar-refractivity contribution in [1.29, 1.82) is 0 Å². The highest BCUT2D eigenvalue weighted by molar-refractivity contribution is 5.94. The first-order chi connectivity index (χ1) is 9.54. The highest BCUT2D eigenvalue weighted by Gasteiger charge is 2.07. The minimum Gasteiger partial charge on any atom is -0.385 e. The molecule has 0 saturated carbocycles. The SMILES string of the molecule is CCCNc1ccc(C(=O)NCCNC(C)=O)cc1C. The van der Waals surface area contributed by atoms with Crippen molar-refractivity contribution in [3.05, 3.63) is 29.3 Å². The summed E-state index contributed by atoms with van der Waals surface area (Å²) < 4.78 is 0. The van der Waals surface area contributed by atoms with E-state index >= 15 is 0 Å². The summed E-state index contributed by atoms with van der Waals surface area (Å²) >= 11 is 0. The lowest BCUT2D eigenvalue weighted by atomic mass is 10.1. The second-order valence-electron chi connectivity index (χ2n) is 4.70. The molecule has 0 atom stereocenters. The zero-order chi connectivity index (χ0) is 15.0. The Kier molecular flexibility index (Phi) is 6.56. The van der Waals surface area contributed by atoms with Gasteiger partial charge in [0.15, 0.2) is 0 Å². The van der Waals surface area contributed by atoms with Gasteiger partial charge in [0.05, 0.1) is 0 Å². The number of anilines is 1. The molecule has 0 saturated heterocycles. The largest absolute Gasteiger partial charge is 0.385 e. The van der Waals surface area contributed by atoms with Crippen LogP contribution in [0.1, 0.15) is 36.2 Å². The monoisotopic (exact) mass is 277 g/mol. The maximum absolute atomic E-state index is 11.9. The second-order valence-corrected chi connectivity index (χ2v) is 4.70. The Hall–Kier alpha value is -2.04. The van der Waals surface area contributed by atoms with Crippen molar-refractivity contribution in [2.24, 2.45) is 0 Å². The molecule has 0 aliphatic rings. The van der Waals surface area contributed by atoms with E-state index in [4.69, 9.17) is 0 Å². The molecule has 1 aromatic carbocycles. The molecule has 0 aliphatic carbocycles. The van der Waals surface area contributed by atoms with Crippen LogP contribution in [-0.4, -0.2) is 31.4 Å². The predicted octanol–water partition coefficient (Wildman–Crippen LogP) is 1.68. The van der Waals surface area contributed by atoms with E-state index in [1.54, 1.807) is 6.07 Å². The molecule has 1 aromatic rings. The third-order valence-electron chi connectivity index (χ3n) is 2.84. The van der Waals surface area contributed by atoms with Crippen molar-refractivity contribution >= 4 is 17.5 Å². The van der Waals surface area contributed by atoms with E-state index in [-0.39, 0.29) is 11.8 Å².